The fourth-order valence-corrected chi connectivity index (χ4v) is 2.04. The molecule has 2 aromatic carbocycles. The quantitative estimate of drug-likeness (QED) is 0.366. The summed E-state index contributed by atoms with van der Waals surface area (Å²) in [6.07, 6.45) is 0. The molecule has 0 bridgehead atoms. The number of hydrogen-bond donors (Lipinski definition) is 1. The van der Waals surface area contributed by atoms with Gasteiger partial charge in [-0.15, -0.1) is 0 Å². The Bertz CT molecular complexity index is 907. The van der Waals surface area contributed by atoms with E-state index in [1.165, 1.54) is 0 Å². The van der Waals surface area contributed by atoms with Crippen LogP contribution in [0.3, 0.4) is 0 Å². The van der Waals surface area contributed by atoms with E-state index in [9.17, 15) is 32.9 Å². The molecule has 7 nitrogen and oxygen atoms in total. The Labute approximate surface area is 148 Å². The molecule has 0 aliphatic carbocycles. The summed E-state index contributed by atoms with van der Waals surface area (Å²) in [6, 6.07) is 3.71. The molecule has 0 saturated carbocycles. The first-order valence-corrected chi connectivity index (χ1v) is 7.12. The number of rotatable bonds is 5. The lowest BCUT2D eigenvalue weighted by atomic mass is 10.2. The minimum Gasteiger partial charge on any atom is -0.452 e. The molecule has 0 heterocycles. The van der Waals surface area contributed by atoms with E-state index in [2.05, 4.69) is 10.1 Å². The highest BCUT2D eigenvalue weighted by Gasteiger charge is 2.19. The third-order valence-corrected chi connectivity index (χ3v) is 3.30. The Morgan fingerprint density at radius 1 is 1.12 bits per heavy atom. The molecule has 1 N–H and O–H groups in total. The van der Waals surface area contributed by atoms with Gasteiger partial charge in [0.15, 0.2) is 18.2 Å². The molecule has 0 fully saturated rings. The number of nitro benzene ring substituents is 1. The molecule has 0 atom stereocenters. The van der Waals surface area contributed by atoms with Crippen LogP contribution in [0.2, 0.25) is 5.02 Å². The summed E-state index contributed by atoms with van der Waals surface area (Å²) in [5.41, 5.74) is -1.45. The van der Waals surface area contributed by atoms with Crippen molar-refractivity contribution >= 4 is 34.9 Å². The van der Waals surface area contributed by atoms with Gasteiger partial charge in [0.1, 0.15) is 0 Å². The van der Waals surface area contributed by atoms with Crippen LogP contribution in [0, 0.1) is 27.6 Å². The summed E-state index contributed by atoms with van der Waals surface area (Å²) >= 11 is 5.60. The van der Waals surface area contributed by atoms with E-state index >= 15 is 0 Å². The molecule has 0 spiro atoms. The van der Waals surface area contributed by atoms with Crippen LogP contribution in [-0.4, -0.2) is 23.4 Å². The molecule has 2 aromatic rings. The molecule has 2 rings (SSSR count). The summed E-state index contributed by atoms with van der Waals surface area (Å²) in [6.45, 7) is -0.848. The molecular formula is C15H8ClF3N2O5. The number of ether oxygens (including phenoxy) is 1. The van der Waals surface area contributed by atoms with Crippen LogP contribution < -0.4 is 5.32 Å². The van der Waals surface area contributed by atoms with Gasteiger partial charge in [-0.25, -0.2) is 13.6 Å². The molecule has 1 amide bonds. The highest BCUT2D eigenvalue weighted by atomic mass is 35.5. The average molecular weight is 389 g/mol. The fraction of sp³-hybridized carbons (Fsp3) is 0.0667. The maximum absolute atomic E-state index is 13.2. The van der Waals surface area contributed by atoms with Gasteiger partial charge < -0.3 is 10.1 Å². The third-order valence-electron chi connectivity index (χ3n) is 2.99. The molecule has 136 valence electrons. The lowest BCUT2D eigenvalue weighted by molar-refractivity contribution is -0.387. The number of amides is 1. The lowest BCUT2D eigenvalue weighted by Gasteiger charge is -2.08. The Morgan fingerprint density at radius 2 is 1.77 bits per heavy atom. The van der Waals surface area contributed by atoms with Gasteiger partial charge in [-0.05, 0) is 24.3 Å². The van der Waals surface area contributed by atoms with E-state index in [1.54, 1.807) is 0 Å². The van der Waals surface area contributed by atoms with E-state index < -0.39 is 57.1 Å². The van der Waals surface area contributed by atoms with Crippen molar-refractivity contribution < 1.29 is 32.4 Å². The maximum atomic E-state index is 13.2. The highest BCUT2D eigenvalue weighted by Crippen LogP contribution is 2.22. The summed E-state index contributed by atoms with van der Waals surface area (Å²) in [5.74, 6) is -5.77. The number of nitrogens with zero attached hydrogens (tertiary/aromatic N) is 1. The molecular weight excluding hydrogens is 381 g/mol. The minimum absolute atomic E-state index is 0.106. The monoisotopic (exact) mass is 388 g/mol. The van der Waals surface area contributed by atoms with Gasteiger partial charge in [0.05, 0.1) is 15.5 Å². The standard InChI is InChI=1S/C15H8ClF3N2O5/c16-9-5-12(19)11(18)4-8(9)15(23)26-6-14(22)20-7-1-2-10(17)13(3-7)21(24)25/h1-5H,6H2,(H,20,22). The van der Waals surface area contributed by atoms with Gasteiger partial charge >= 0.3 is 11.7 Å². The zero-order valence-corrected chi connectivity index (χ0v) is 13.4. The second-order valence-corrected chi connectivity index (χ2v) is 5.20. The van der Waals surface area contributed by atoms with Crippen LogP contribution >= 0.6 is 11.6 Å². The van der Waals surface area contributed by atoms with E-state index in [1.807, 2.05) is 0 Å². The van der Waals surface area contributed by atoms with Gasteiger partial charge in [0.2, 0.25) is 5.82 Å². The summed E-state index contributed by atoms with van der Waals surface area (Å²) < 4.78 is 43.9. The number of esters is 1. The first-order valence-electron chi connectivity index (χ1n) is 6.74. The maximum Gasteiger partial charge on any atom is 0.340 e. The van der Waals surface area contributed by atoms with Crippen molar-refractivity contribution in [3.63, 3.8) is 0 Å². The van der Waals surface area contributed by atoms with E-state index in [4.69, 9.17) is 11.6 Å². The van der Waals surface area contributed by atoms with Crippen molar-refractivity contribution in [1.29, 1.82) is 0 Å². The molecule has 11 heteroatoms. The Balaban J connectivity index is 2.01. The number of hydrogen-bond acceptors (Lipinski definition) is 5. The second-order valence-electron chi connectivity index (χ2n) is 4.79. The zero-order chi connectivity index (χ0) is 19.4. The Morgan fingerprint density at radius 3 is 2.42 bits per heavy atom. The third kappa shape index (κ3) is 4.48. The van der Waals surface area contributed by atoms with Crippen LogP contribution in [0.4, 0.5) is 24.5 Å². The minimum atomic E-state index is -1.33. The Kier molecular flexibility index (Phi) is 5.78. The van der Waals surface area contributed by atoms with E-state index in [-0.39, 0.29) is 5.69 Å². The molecule has 0 unspecified atom stereocenters. The van der Waals surface area contributed by atoms with Crippen molar-refractivity contribution in [3.05, 3.63) is 68.5 Å². The van der Waals surface area contributed by atoms with Crippen LogP contribution in [0.5, 0.6) is 0 Å². The van der Waals surface area contributed by atoms with Crippen molar-refractivity contribution in [2.45, 2.75) is 0 Å². The number of carbonyl (C=O) groups is 2. The van der Waals surface area contributed by atoms with Crippen molar-refractivity contribution in [2.24, 2.45) is 0 Å². The van der Waals surface area contributed by atoms with Gasteiger partial charge in [-0.2, -0.15) is 4.39 Å². The summed E-state index contributed by atoms with van der Waals surface area (Å²) in [7, 11) is 0. The number of nitro groups is 1. The first-order chi connectivity index (χ1) is 12.2. The van der Waals surface area contributed by atoms with Crippen LogP contribution in [0.15, 0.2) is 30.3 Å². The smallest absolute Gasteiger partial charge is 0.340 e. The number of benzene rings is 2. The highest BCUT2D eigenvalue weighted by molar-refractivity contribution is 6.33. The van der Waals surface area contributed by atoms with Gasteiger partial charge in [0.25, 0.3) is 5.91 Å². The Hall–Kier alpha value is -3.14. The SMILES string of the molecule is O=C(COC(=O)c1cc(F)c(F)cc1Cl)Nc1ccc(F)c([N+](=O)[O-])c1. The number of nitrogens with one attached hydrogen (secondary N) is 1. The fourth-order valence-electron chi connectivity index (χ4n) is 1.82. The van der Waals surface area contributed by atoms with Crippen molar-refractivity contribution in [2.75, 3.05) is 11.9 Å². The van der Waals surface area contributed by atoms with Crippen LogP contribution in [0.25, 0.3) is 0 Å². The van der Waals surface area contributed by atoms with Gasteiger partial charge in [0, 0.05) is 11.8 Å². The normalized spacial score (nSPS) is 10.3. The molecule has 26 heavy (non-hydrogen) atoms. The van der Waals surface area contributed by atoms with Crippen molar-refractivity contribution in [3.8, 4) is 0 Å². The van der Waals surface area contributed by atoms with Crippen LogP contribution in [0.1, 0.15) is 10.4 Å². The molecule has 0 saturated heterocycles. The summed E-state index contributed by atoms with van der Waals surface area (Å²) in [4.78, 5) is 33.1. The first kappa shape index (κ1) is 19.2. The van der Waals surface area contributed by atoms with Gasteiger partial charge in [-0.1, -0.05) is 11.6 Å². The number of halogens is 4. The topological polar surface area (TPSA) is 98.5 Å². The van der Waals surface area contributed by atoms with E-state index in [0.29, 0.717) is 12.1 Å². The lowest BCUT2D eigenvalue weighted by Crippen LogP contribution is -2.21. The predicted molar refractivity (Wildman–Crippen MR) is 83.3 cm³/mol. The largest absolute Gasteiger partial charge is 0.452 e. The summed E-state index contributed by atoms with van der Waals surface area (Å²) in [5, 5.41) is 12.4. The predicted octanol–water partition coefficient (Wildman–Crippen LogP) is 3.46. The molecule has 0 aliphatic heterocycles. The number of carbonyl (C=O) groups excluding carboxylic acids is 2. The molecule has 0 aliphatic rings. The second kappa shape index (κ2) is 7.83. The molecule has 0 aromatic heterocycles. The molecule has 0 radical (unpaired) electrons. The van der Waals surface area contributed by atoms with E-state index in [0.717, 1.165) is 18.2 Å². The zero-order valence-electron chi connectivity index (χ0n) is 12.6. The number of anilines is 1. The van der Waals surface area contributed by atoms with Crippen molar-refractivity contribution in [1.82, 2.24) is 0 Å². The van der Waals surface area contributed by atoms with Crippen LogP contribution in [-0.2, 0) is 9.53 Å². The average Bonchev–Trinajstić information content (AvgIpc) is 2.57. The van der Waals surface area contributed by atoms with Gasteiger partial charge in [-0.3, -0.25) is 14.9 Å².